The maximum atomic E-state index is 14.4. The molecule has 13 heteroatoms. The first kappa shape index (κ1) is 42.3. The van der Waals surface area contributed by atoms with Gasteiger partial charge >= 0.3 is 5.97 Å². The number of carbonyl (C=O) groups excluding carboxylic acids is 4. The van der Waals surface area contributed by atoms with Gasteiger partial charge in [-0.3, -0.25) is 29.2 Å². The minimum atomic E-state index is -1.10. The fourth-order valence-electron chi connectivity index (χ4n) is 8.48. The number of pyridine rings is 1. The number of likely N-dealkylation sites (N-methyl/N-ethyl adjacent to an activating group) is 1. The third-order valence-corrected chi connectivity index (χ3v) is 11.6. The lowest BCUT2D eigenvalue weighted by atomic mass is 9.84. The van der Waals surface area contributed by atoms with Crippen LogP contribution in [0.1, 0.15) is 84.1 Å². The number of aromatic hydroxyl groups is 1. The van der Waals surface area contributed by atoms with Crippen LogP contribution in [0.2, 0.25) is 0 Å². The van der Waals surface area contributed by atoms with E-state index in [9.17, 15) is 24.3 Å². The number of carbonyl (C=O) groups is 4. The molecule has 2 aromatic heterocycles. The fraction of sp³-hybridized carbons (Fsp3) is 0.489. The highest BCUT2D eigenvalue weighted by Crippen LogP contribution is 2.42. The van der Waals surface area contributed by atoms with Gasteiger partial charge in [-0.2, -0.15) is 0 Å². The summed E-state index contributed by atoms with van der Waals surface area (Å²) in [5, 5.41) is 16.5. The zero-order valence-corrected chi connectivity index (χ0v) is 35.2. The van der Waals surface area contributed by atoms with Gasteiger partial charge in [0.1, 0.15) is 23.9 Å². The number of nitrogens with one attached hydrogen (secondary N) is 2. The average molecular weight is 795 g/mol. The molecule has 0 radical (unpaired) electrons. The standard InChI is InChI=1S/C45H58N6O7/c1-10-50-39-14-13-30-22-34(39)35(41(50)36-24-46-16-15-33(36)27(4)57-9)23-45(6,7)25-58-44(56)37-12-11-17-51(48-37)43(55)38(20-29-18-31(30)21-32(53)19-29)47-42(54)40(26(2)3)49(8)28(5)52/h13-16,18-19,21-22,24,26-27,37-38,40,48,53H,10-12,17,20,23,25H2,1-9H3,(H,47,54)/t27-,37-,38-,40?/m0/s1. The number of rotatable bonds is 8. The third kappa shape index (κ3) is 8.75. The molecule has 0 saturated carbocycles. The molecule has 1 fully saturated rings. The largest absolute Gasteiger partial charge is 0.508 e. The minimum Gasteiger partial charge on any atom is -0.508 e. The van der Waals surface area contributed by atoms with E-state index in [1.54, 1.807) is 32.5 Å². The predicted molar refractivity (Wildman–Crippen MR) is 222 cm³/mol. The van der Waals surface area contributed by atoms with Crippen molar-refractivity contribution in [3.63, 3.8) is 0 Å². The summed E-state index contributed by atoms with van der Waals surface area (Å²) in [6.07, 6.45) is 5.07. The molecule has 6 rings (SSSR count). The van der Waals surface area contributed by atoms with Crippen LogP contribution in [-0.4, -0.2) is 93.7 Å². The maximum Gasteiger partial charge on any atom is 0.324 e. The van der Waals surface area contributed by atoms with Gasteiger partial charge in [0.25, 0.3) is 5.91 Å². The Hall–Kier alpha value is -5.27. The third-order valence-electron chi connectivity index (χ3n) is 11.6. The first-order valence-electron chi connectivity index (χ1n) is 20.3. The normalized spacial score (nSPS) is 19.7. The molecule has 0 aliphatic carbocycles. The van der Waals surface area contributed by atoms with Crippen LogP contribution in [0, 0.1) is 11.3 Å². The number of ether oxygens (including phenoxy) is 2. The Labute approximate surface area is 341 Å². The number of methoxy groups -OCH3 is 1. The second-order valence-corrected chi connectivity index (χ2v) is 16.9. The van der Waals surface area contributed by atoms with E-state index in [2.05, 4.69) is 53.2 Å². The van der Waals surface area contributed by atoms with E-state index < -0.39 is 41.3 Å². The second-order valence-electron chi connectivity index (χ2n) is 16.9. The van der Waals surface area contributed by atoms with Crippen molar-refractivity contribution in [3.05, 3.63) is 71.5 Å². The van der Waals surface area contributed by atoms with Crippen LogP contribution in [0.15, 0.2) is 54.9 Å². The van der Waals surface area contributed by atoms with Crippen molar-refractivity contribution in [1.29, 1.82) is 0 Å². The molecule has 3 amide bonds. The Balaban J connectivity index is 1.53. The Morgan fingerprint density at radius 3 is 2.57 bits per heavy atom. The number of hydrogen-bond acceptors (Lipinski definition) is 9. The van der Waals surface area contributed by atoms with Crippen LogP contribution in [0.4, 0.5) is 0 Å². The zero-order valence-electron chi connectivity index (χ0n) is 35.2. The van der Waals surface area contributed by atoms with Crippen molar-refractivity contribution in [2.75, 3.05) is 27.3 Å². The number of amides is 3. The number of fused-ring (bicyclic) bond motifs is 6. The molecule has 3 N–H and O–H groups in total. The Bertz CT molecular complexity index is 2200. The molecule has 1 unspecified atom stereocenters. The highest BCUT2D eigenvalue weighted by Gasteiger charge is 2.37. The van der Waals surface area contributed by atoms with Gasteiger partial charge in [0.15, 0.2) is 0 Å². The predicted octanol–water partition coefficient (Wildman–Crippen LogP) is 5.95. The van der Waals surface area contributed by atoms with E-state index in [1.807, 2.05) is 45.2 Å². The topological polar surface area (TPSA) is 155 Å². The average Bonchev–Trinajstić information content (AvgIpc) is 3.49. The molecule has 310 valence electrons. The number of hydrogen-bond donors (Lipinski definition) is 3. The quantitative estimate of drug-likeness (QED) is 0.184. The van der Waals surface area contributed by atoms with Crippen molar-refractivity contribution in [2.45, 2.75) is 105 Å². The number of hydrazine groups is 1. The van der Waals surface area contributed by atoms with Gasteiger partial charge in [-0.1, -0.05) is 39.8 Å². The SMILES string of the molecule is CCn1c(-c2cnccc2[C@H](C)OC)c2c3cc(ccc31)-c1cc(O)cc(c1)C[C@H](NC(=O)C(C(C)C)N(C)C(C)=O)C(=O)N1CCC[C@H](N1)C(=O)OCC(C)(C)C2. The van der Waals surface area contributed by atoms with Gasteiger partial charge in [0.2, 0.25) is 11.8 Å². The van der Waals surface area contributed by atoms with Crippen LogP contribution in [-0.2, 0) is 48.0 Å². The molecule has 4 aromatic rings. The van der Waals surface area contributed by atoms with E-state index in [0.29, 0.717) is 37.9 Å². The molecule has 2 aliphatic heterocycles. The number of benzene rings is 2. The van der Waals surface area contributed by atoms with E-state index >= 15 is 0 Å². The number of aromatic nitrogens is 2. The van der Waals surface area contributed by atoms with Gasteiger partial charge < -0.3 is 29.4 Å². The molecule has 2 aliphatic rings. The first-order chi connectivity index (χ1) is 27.5. The lowest BCUT2D eigenvalue weighted by molar-refractivity contribution is -0.155. The fourth-order valence-corrected chi connectivity index (χ4v) is 8.48. The highest BCUT2D eigenvalue weighted by molar-refractivity contribution is 5.96. The van der Waals surface area contributed by atoms with Gasteiger partial charge in [-0.05, 0) is 97.2 Å². The van der Waals surface area contributed by atoms with E-state index in [0.717, 1.165) is 44.4 Å². The molecule has 2 aromatic carbocycles. The molecule has 1 saturated heterocycles. The van der Waals surface area contributed by atoms with Crippen LogP contribution in [0.5, 0.6) is 5.75 Å². The Kier molecular flexibility index (Phi) is 12.6. The molecule has 6 bridgehead atoms. The lowest BCUT2D eigenvalue weighted by Crippen LogP contribution is -2.62. The van der Waals surface area contributed by atoms with Crippen molar-refractivity contribution >= 4 is 34.6 Å². The number of nitrogens with zero attached hydrogens (tertiary/aromatic N) is 4. The number of aryl methyl sites for hydroxylation is 1. The summed E-state index contributed by atoms with van der Waals surface area (Å²) in [6, 6.07) is 10.8. The molecular formula is C45H58N6O7. The lowest BCUT2D eigenvalue weighted by Gasteiger charge is -2.36. The molecular weight excluding hydrogens is 737 g/mol. The summed E-state index contributed by atoms with van der Waals surface area (Å²) in [5.74, 6) is -1.90. The Morgan fingerprint density at radius 2 is 1.88 bits per heavy atom. The van der Waals surface area contributed by atoms with Crippen LogP contribution < -0.4 is 10.7 Å². The molecule has 13 nitrogen and oxygen atoms in total. The summed E-state index contributed by atoms with van der Waals surface area (Å²) in [4.78, 5) is 60.5. The smallest absolute Gasteiger partial charge is 0.324 e. The number of esters is 1. The Morgan fingerprint density at radius 1 is 1.12 bits per heavy atom. The van der Waals surface area contributed by atoms with E-state index in [1.165, 1.54) is 16.8 Å². The summed E-state index contributed by atoms with van der Waals surface area (Å²) in [5.41, 5.74) is 9.86. The van der Waals surface area contributed by atoms with Gasteiger partial charge in [0, 0.05) is 74.9 Å². The second kappa shape index (κ2) is 17.3. The van der Waals surface area contributed by atoms with Crippen molar-refractivity contribution in [1.82, 2.24) is 30.2 Å². The molecule has 4 heterocycles. The van der Waals surface area contributed by atoms with Gasteiger partial charge in [0.05, 0.1) is 18.4 Å². The molecule has 58 heavy (non-hydrogen) atoms. The molecule has 0 spiro atoms. The van der Waals surface area contributed by atoms with Crippen LogP contribution in [0.25, 0.3) is 33.3 Å². The summed E-state index contributed by atoms with van der Waals surface area (Å²) >= 11 is 0. The maximum absolute atomic E-state index is 14.4. The van der Waals surface area contributed by atoms with Crippen molar-refractivity contribution in [3.8, 4) is 28.1 Å². The monoisotopic (exact) mass is 794 g/mol. The van der Waals surface area contributed by atoms with Gasteiger partial charge in [-0.25, -0.2) is 5.43 Å². The minimum absolute atomic E-state index is 0.0107. The van der Waals surface area contributed by atoms with E-state index in [4.69, 9.17) is 9.47 Å². The summed E-state index contributed by atoms with van der Waals surface area (Å²) < 4.78 is 14.2. The number of cyclic esters (lactones) is 1. The highest BCUT2D eigenvalue weighted by atomic mass is 16.5. The van der Waals surface area contributed by atoms with Crippen molar-refractivity contribution < 1.29 is 33.8 Å². The van der Waals surface area contributed by atoms with Crippen molar-refractivity contribution in [2.24, 2.45) is 11.3 Å². The van der Waals surface area contributed by atoms with Crippen LogP contribution >= 0.6 is 0 Å². The van der Waals surface area contributed by atoms with E-state index in [-0.39, 0.29) is 36.7 Å². The zero-order chi connectivity index (χ0) is 42.1. The number of phenolic OH excluding ortho intramolecular Hbond substituents is 1. The first-order valence-corrected chi connectivity index (χ1v) is 20.3. The van der Waals surface area contributed by atoms with Gasteiger partial charge in [-0.15, -0.1) is 0 Å². The number of phenols is 1. The van der Waals surface area contributed by atoms with Crippen LogP contribution in [0.3, 0.4) is 0 Å². The molecule has 4 atom stereocenters. The summed E-state index contributed by atoms with van der Waals surface area (Å²) in [6.45, 7) is 14.5. The summed E-state index contributed by atoms with van der Waals surface area (Å²) in [7, 11) is 3.26.